The fourth-order valence-corrected chi connectivity index (χ4v) is 11.4. The first kappa shape index (κ1) is 81.1. The molecule has 0 atom stereocenters. The van der Waals surface area contributed by atoms with Crippen LogP contribution in [0.25, 0.3) is 11.1 Å². The quantitative estimate of drug-likeness (QED) is 0.0120. The topological polar surface area (TPSA) is 36.4 Å². The molecule has 0 aromatic heterocycles. The van der Waals surface area contributed by atoms with Crippen molar-refractivity contribution in [3.8, 4) is 0 Å². The molecule has 0 fully saturated rings. The van der Waals surface area contributed by atoms with Gasteiger partial charge in [-0.2, -0.15) is 12.8 Å². The molecular formula is C78H138N2Pd. The van der Waals surface area contributed by atoms with E-state index >= 15 is 0 Å². The van der Waals surface area contributed by atoms with Crippen molar-refractivity contribution in [1.82, 2.24) is 0 Å². The summed E-state index contributed by atoms with van der Waals surface area (Å²) in [7, 11) is 0. The first-order chi connectivity index (χ1) is 39.4. The standard InChI is InChI=1S/C46H72N2.2C16H33.Pd/c1-7-13-19-20-21-24-29-42(37-48-47)45(30-18-12-6)46(43-33-38(25-16-10-4)31-39(34-43)26-17-11-5)44-35-40(27-22-14-8-2)32-41(36-44)28-23-15-9-3;2*1-3-5-7-9-11-13-15-16-14-12-10-8-6-4-2;/h31-36H,7-30H2,1-6H3;2*1,3-16H2,2H3;/q;2*-1;+2. The molecule has 0 amide bonds. The third kappa shape index (κ3) is 47.9. The second kappa shape index (κ2) is 64.0. The molecule has 3 heteroatoms. The summed E-state index contributed by atoms with van der Waals surface area (Å²) in [5, 5.41) is 0. The fraction of sp³-hybridized carbons (Fsp3) is 0.769. The SMILES string of the molecule is CCCCCCCCC(=C=[N+]=[N-])C(CCCC)=C(c1cc(CCCC)cc(CCCC)c1)c1cc(CCCCC)cc(CCCCC)c1.[CH2-]CCCCCCCCCCCCCCC.[CH2-]CCCCCCCCCCCCCCC.[Pd+2]. The van der Waals surface area contributed by atoms with Gasteiger partial charge in [-0.3, -0.25) is 0 Å². The van der Waals surface area contributed by atoms with Crippen molar-refractivity contribution >= 4 is 11.4 Å². The van der Waals surface area contributed by atoms with Crippen LogP contribution in [0, 0.1) is 13.8 Å². The maximum absolute atomic E-state index is 9.99. The number of benzene rings is 2. The molecule has 0 unspecified atom stereocenters. The van der Waals surface area contributed by atoms with Gasteiger partial charge in [0, 0.05) is 0 Å². The van der Waals surface area contributed by atoms with Crippen LogP contribution in [0.1, 0.15) is 397 Å². The van der Waals surface area contributed by atoms with Crippen LogP contribution < -0.4 is 0 Å². The minimum absolute atomic E-state index is 0. The summed E-state index contributed by atoms with van der Waals surface area (Å²) in [6.07, 6.45) is 68.2. The van der Waals surface area contributed by atoms with Crippen LogP contribution in [0.3, 0.4) is 0 Å². The zero-order chi connectivity index (χ0) is 58.6. The molecule has 0 bridgehead atoms. The molecular weight excluding hydrogens is 1070 g/mol. The van der Waals surface area contributed by atoms with Gasteiger partial charge in [-0.05, 0) is 122 Å². The Morgan fingerprint density at radius 2 is 0.580 bits per heavy atom. The van der Waals surface area contributed by atoms with Crippen molar-refractivity contribution in [2.24, 2.45) is 0 Å². The van der Waals surface area contributed by atoms with Crippen LogP contribution >= 0.6 is 0 Å². The Kier molecular flexibility index (Phi) is 64.1. The summed E-state index contributed by atoms with van der Waals surface area (Å²) in [5.41, 5.74) is 22.4. The molecule has 470 valence electrons. The van der Waals surface area contributed by atoms with Crippen molar-refractivity contribution in [2.45, 2.75) is 389 Å². The molecule has 2 aromatic carbocycles. The normalized spacial score (nSPS) is 11.2. The summed E-state index contributed by atoms with van der Waals surface area (Å²) < 4.78 is 0. The van der Waals surface area contributed by atoms with Crippen molar-refractivity contribution in [1.29, 1.82) is 0 Å². The average molecular weight is 1210 g/mol. The molecule has 0 radical (unpaired) electrons. The number of aryl methyl sites for hydroxylation is 4. The fourth-order valence-electron chi connectivity index (χ4n) is 11.4. The van der Waals surface area contributed by atoms with Crippen LogP contribution in [0.5, 0.6) is 0 Å². The number of allylic oxidation sites excluding steroid dienone is 2. The first-order valence-electron chi connectivity index (χ1n) is 35.9. The Balaban J connectivity index is 0. The van der Waals surface area contributed by atoms with Gasteiger partial charge in [-0.1, -0.05) is 336 Å². The third-order valence-electron chi connectivity index (χ3n) is 16.6. The third-order valence-corrected chi connectivity index (χ3v) is 16.6. The second-order valence-corrected chi connectivity index (χ2v) is 24.6. The minimum atomic E-state index is 0. The summed E-state index contributed by atoms with van der Waals surface area (Å²) in [4.78, 5) is 3.59. The van der Waals surface area contributed by atoms with E-state index in [9.17, 15) is 5.53 Å². The molecule has 0 saturated heterocycles. The van der Waals surface area contributed by atoms with Crippen LogP contribution in [-0.2, 0) is 46.1 Å². The van der Waals surface area contributed by atoms with Gasteiger partial charge in [0.15, 0.2) is 0 Å². The van der Waals surface area contributed by atoms with Gasteiger partial charge >= 0.3 is 26.3 Å². The zero-order valence-electron chi connectivity index (χ0n) is 55.9. The van der Waals surface area contributed by atoms with E-state index in [1.807, 2.05) is 0 Å². The maximum Gasteiger partial charge on any atom is 2.00 e. The van der Waals surface area contributed by atoms with Gasteiger partial charge in [0.25, 0.3) is 0 Å². The van der Waals surface area contributed by atoms with E-state index in [4.69, 9.17) is 0 Å². The number of unbranched alkanes of at least 4 members (excludes halogenated alkanes) is 38. The van der Waals surface area contributed by atoms with E-state index in [2.05, 4.69) is 116 Å². The van der Waals surface area contributed by atoms with Crippen molar-refractivity contribution in [3.05, 3.63) is 100 Å². The van der Waals surface area contributed by atoms with E-state index < -0.39 is 0 Å². The van der Waals surface area contributed by atoms with E-state index in [0.717, 1.165) is 76.2 Å². The molecule has 2 nitrogen and oxygen atoms in total. The number of hydrogen-bond donors (Lipinski definition) is 0. The van der Waals surface area contributed by atoms with Crippen molar-refractivity contribution in [2.75, 3.05) is 0 Å². The van der Waals surface area contributed by atoms with Crippen LogP contribution in [-0.4, -0.2) is 10.7 Å². The van der Waals surface area contributed by atoms with Gasteiger partial charge in [0.05, 0.1) is 5.57 Å². The molecule has 0 heterocycles. The van der Waals surface area contributed by atoms with E-state index in [-0.39, 0.29) is 20.4 Å². The Morgan fingerprint density at radius 1 is 0.321 bits per heavy atom. The summed E-state index contributed by atoms with van der Waals surface area (Å²) >= 11 is 0. The van der Waals surface area contributed by atoms with E-state index in [1.54, 1.807) is 0 Å². The van der Waals surface area contributed by atoms with Crippen LogP contribution in [0.4, 0.5) is 0 Å². The molecule has 0 aliphatic rings. The second-order valence-electron chi connectivity index (χ2n) is 24.6. The zero-order valence-corrected chi connectivity index (χ0v) is 57.4. The minimum Gasteiger partial charge on any atom is -0.348 e. The smallest absolute Gasteiger partial charge is 0.348 e. The van der Waals surface area contributed by atoms with Crippen molar-refractivity contribution < 1.29 is 25.2 Å². The Labute approximate surface area is 523 Å². The van der Waals surface area contributed by atoms with Crippen molar-refractivity contribution in [3.63, 3.8) is 0 Å². The van der Waals surface area contributed by atoms with Crippen LogP contribution in [0.15, 0.2) is 47.5 Å². The van der Waals surface area contributed by atoms with Gasteiger partial charge in [-0.25, -0.2) is 0 Å². The predicted molar refractivity (Wildman–Crippen MR) is 364 cm³/mol. The molecule has 0 N–H and O–H groups in total. The monoisotopic (exact) mass is 1210 g/mol. The Morgan fingerprint density at radius 3 is 0.864 bits per heavy atom. The van der Waals surface area contributed by atoms with Gasteiger partial charge in [0.1, 0.15) is 0 Å². The molecule has 0 aliphatic heterocycles. The van der Waals surface area contributed by atoms with Gasteiger partial charge in [0.2, 0.25) is 0 Å². The maximum atomic E-state index is 9.99. The summed E-state index contributed by atoms with van der Waals surface area (Å²) in [5.74, 6) is 3.16. The number of rotatable bonds is 53. The molecule has 0 spiro atoms. The molecule has 2 rings (SSSR count). The Hall–Kier alpha value is -2.00. The van der Waals surface area contributed by atoms with E-state index in [1.165, 1.54) is 308 Å². The number of hydrogen-bond acceptors (Lipinski definition) is 0. The Bertz CT molecular complexity index is 1650. The largest absolute Gasteiger partial charge is 2.00 e. The van der Waals surface area contributed by atoms with Crippen LogP contribution in [0.2, 0.25) is 0 Å². The predicted octanol–water partition coefficient (Wildman–Crippen LogP) is 27.0. The summed E-state index contributed by atoms with van der Waals surface area (Å²) in [6, 6.07) is 15.0. The van der Waals surface area contributed by atoms with Gasteiger partial charge in [-0.15, -0.1) is 4.79 Å². The van der Waals surface area contributed by atoms with Gasteiger partial charge < -0.3 is 19.4 Å². The number of nitrogens with zero attached hydrogens (tertiary/aromatic N) is 2. The van der Waals surface area contributed by atoms with E-state index in [0.29, 0.717) is 0 Å². The molecule has 81 heavy (non-hydrogen) atoms. The molecule has 2 aromatic rings. The molecule has 0 saturated carbocycles. The average Bonchev–Trinajstić information content (AvgIpc) is 3.46. The first-order valence-corrected chi connectivity index (χ1v) is 35.9. The molecule has 0 aliphatic carbocycles. The summed E-state index contributed by atoms with van der Waals surface area (Å²) in [6.45, 7) is 26.1.